The highest BCUT2D eigenvalue weighted by Crippen LogP contribution is 2.34. The third-order valence-electron chi connectivity index (χ3n) is 3.87. The Labute approximate surface area is 133 Å². The predicted molar refractivity (Wildman–Crippen MR) is 85.9 cm³/mol. The van der Waals surface area contributed by atoms with Crippen molar-refractivity contribution in [1.82, 2.24) is 0 Å². The van der Waals surface area contributed by atoms with Crippen LogP contribution in [-0.2, 0) is 4.79 Å². The van der Waals surface area contributed by atoms with Gasteiger partial charge < -0.3 is 0 Å². The summed E-state index contributed by atoms with van der Waals surface area (Å²) in [4.78, 5) is 16.4. The topological polar surface area (TPSA) is 53.2 Å². The van der Waals surface area contributed by atoms with Gasteiger partial charge in [0.15, 0.2) is 0 Å². The average Bonchev–Trinajstić information content (AvgIpc) is 2.55. The van der Waals surface area contributed by atoms with Crippen LogP contribution in [0.25, 0.3) is 0 Å². The highest BCUT2D eigenvalue weighted by atomic mass is 35.5. The van der Waals surface area contributed by atoms with Crippen LogP contribution in [0.1, 0.15) is 23.5 Å². The number of hydrogen-bond acceptors (Lipinski definition) is 2. The van der Waals surface area contributed by atoms with Crippen molar-refractivity contribution < 1.29 is 4.79 Å². The summed E-state index contributed by atoms with van der Waals surface area (Å²) in [7, 11) is 0. The molecule has 0 fully saturated rings. The molecule has 0 unspecified atom stereocenters. The lowest BCUT2D eigenvalue weighted by Crippen LogP contribution is -2.28. The molecule has 4 heteroatoms. The molecule has 2 aromatic rings. The molecule has 0 spiro atoms. The van der Waals surface area contributed by atoms with Crippen molar-refractivity contribution in [3.05, 3.63) is 70.7 Å². The van der Waals surface area contributed by atoms with Gasteiger partial charge in [0.1, 0.15) is 5.92 Å². The van der Waals surface area contributed by atoms with E-state index in [1.165, 1.54) is 0 Å². The van der Waals surface area contributed by atoms with Crippen LogP contribution in [0, 0.1) is 17.2 Å². The van der Waals surface area contributed by atoms with E-state index in [1.54, 1.807) is 12.1 Å². The Morgan fingerprint density at radius 1 is 1.09 bits per heavy atom. The number of rotatable bonds is 2. The van der Waals surface area contributed by atoms with Gasteiger partial charge in [0.05, 0.1) is 11.8 Å². The molecule has 0 aliphatic carbocycles. The quantitative estimate of drug-likeness (QED) is 0.842. The van der Waals surface area contributed by atoms with Crippen molar-refractivity contribution in [1.29, 1.82) is 5.26 Å². The van der Waals surface area contributed by atoms with Gasteiger partial charge in [-0.25, -0.2) is 4.99 Å². The van der Waals surface area contributed by atoms with Crippen molar-refractivity contribution in [3.63, 3.8) is 0 Å². The smallest absolute Gasteiger partial charge is 0.263 e. The minimum atomic E-state index is -0.742. The summed E-state index contributed by atoms with van der Waals surface area (Å²) in [5, 5.41) is 9.97. The van der Waals surface area contributed by atoms with Crippen LogP contribution < -0.4 is 0 Å². The SMILES string of the molecule is N#C[C@H]1C(=O)N=C(c2ccccc2)C[C@@H]1c1ccc(Cl)cc1. The molecule has 2 aromatic carbocycles. The molecule has 1 aliphatic rings. The highest BCUT2D eigenvalue weighted by Gasteiger charge is 2.35. The van der Waals surface area contributed by atoms with Gasteiger partial charge in [-0.1, -0.05) is 54.1 Å². The van der Waals surface area contributed by atoms with Gasteiger partial charge in [-0.3, -0.25) is 4.79 Å². The van der Waals surface area contributed by atoms with Crippen molar-refractivity contribution >= 4 is 23.2 Å². The molecule has 0 saturated carbocycles. The monoisotopic (exact) mass is 308 g/mol. The highest BCUT2D eigenvalue weighted by molar-refractivity contribution is 6.30. The van der Waals surface area contributed by atoms with Gasteiger partial charge in [0.2, 0.25) is 0 Å². The fourth-order valence-corrected chi connectivity index (χ4v) is 2.85. The number of aliphatic imine (C=N–C) groups is 1. The molecule has 108 valence electrons. The number of nitriles is 1. The summed E-state index contributed by atoms with van der Waals surface area (Å²) in [6.07, 6.45) is 0.565. The molecular weight excluding hydrogens is 296 g/mol. The van der Waals surface area contributed by atoms with Crippen molar-refractivity contribution in [2.24, 2.45) is 10.9 Å². The van der Waals surface area contributed by atoms with E-state index in [4.69, 9.17) is 11.6 Å². The Morgan fingerprint density at radius 3 is 2.41 bits per heavy atom. The van der Waals surface area contributed by atoms with Crippen LogP contribution >= 0.6 is 11.6 Å². The first-order valence-corrected chi connectivity index (χ1v) is 7.39. The van der Waals surface area contributed by atoms with Gasteiger partial charge in [-0.05, 0) is 29.7 Å². The standard InChI is InChI=1S/C18H13ClN2O/c19-14-8-6-12(7-9-14)15-10-17(13-4-2-1-3-5-13)21-18(22)16(15)11-20/h1-9,15-16H,10H2/t15-,16-/m1/s1. The zero-order valence-corrected chi connectivity index (χ0v) is 12.5. The second kappa shape index (κ2) is 6.13. The Balaban J connectivity index is 2.00. The van der Waals surface area contributed by atoms with E-state index in [1.807, 2.05) is 42.5 Å². The third-order valence-corrected chi connectivity index (χ3v) is 4.12. The van der Waals surface area contributed by atoms with E-state index in [-0.39, 0.29) is 11.8 Å². The second-order valence-corrected chi connectivity index (χ2v) is 5.67. The van der Waals surface area contributed by atoms with Crippen molar-refractivity contribution in [2.45, 2.75) is 12.3 Å². The molecule has 1 amide bonds. The summed E-state index contributed by atoms with van der Waals surface area (Å²) in [5.74, 6) is -1.30. The molecular formula is C18H13ClN2O. The normalized spacial score (nSPS) is 21.1. The second-order valence-electron chi connectivity index (χ2n) is 5.23. The van der Waals surface area contributed by atoms with Gasteiger partial charge in [-0.2, -0.15) is 5.26 Å². The Bertz CT molecular complexity index is 760. The summed E-state index contributed by atoms with van der Waals surface area (Å²) < 4.78 is 0. The van der Waals surface area contributed by atoms with E-state index in [2.05, 4.69) is 11.1 Å². The molecule has 1 heterocycles. The fraction of sp³-hybridized carbons (Fsp3) is 0.167. The van der Waals surface area contributed by atoms with Crippen LogP contribution in [0.4, 0.5) is 0 Å². The van der Waals surface area contributed by atoms with Crippen LogP contribution in [0.2, 0.25) is 5.02 Å². The van der Waals surface area contributed by atoms with Crippen molar-refractivity contribution in [3.8, 4) is 6.07 Å². The number of carbonyl (C=O) groups excluding carboxylic acids is 1. The zero-order valence-electron chi connectivity index (χ0n) is 11.7. The molecule has 0 saturated heterocycles. The minimum absolute atomic E-state index is 0.192. The maximum Gasteiger partial charge on any atom is 0.263 e. The number of nitrogens with zero attached hydrogens (tertiary/aromatic N) is 2. The third kappa shape index (κ3) is 2.79. The summed E-state index contributed by atoms with van der Waals surface area (Å²) in [6.45, 7) is 0. The first-order valence-electron chi connectivity index (χ1n) is 7.01. The Kier molecular flexibility index (Phi) is 4.04. The Morgan fingerprint density at radius 2 is 1.77 bits per heavy atom. The lowest BCUT2D eigenvalue weighted by molar-refractivity contribution is -0.120. The van der Waals surface area contributed by atoms with E-state index in [0.717, 1.165) is 16.8 Å². The van der Waals surface area contributed by atoms with Gasteiger partial charge in [0, 0.05) is 10.9 Å². The van der Waals surface area contributed by atoms with Crippen LogP contribution in [-0.4, -0.2) is 11.6 Å². The van der Waals surface area contributed by atoms with E-state index >= 15 is 0 Å². The maximum atomic E-state index is 12.2. The first-order chi connectivity index (χ1) is 10.7. The number of halogens is 1. The molecule has 3 nitrogen and oxygen atoms in total. The van der Waals surface area contributed by atoms with Crippen LogP contribution in [0.15, 0.2) is 59.6 Å². The van der Waals surface area contributed by atoms with E-state index in [9.17, 15) is 10.1 Å². The van der Waals surface area contributed by atoms with Gasteiger partial charge in [0.25, 0.3) is 5.91 Å². The number of benzene rings is 2. The lowest BCUT2D eigenvalue weighted by atomic mass is 9.79. The number of amides is 1. The zero-order chi connectivity index (χ0) is 15.5. The molecule has 22 heavy (non-hydrogen) atoms. The summed E-state index contributed by atoms with van der Waals surface area (Å²) in [6, 6.07) is 19.0. The van der Waals surface area contributed by atoms with E-state index < -0.39 is 5.92 Å². The predicted octanol–water partition coefficient (Wildman–Crippen LogP) is 3.98. The number of carbonyl (C=O) groups is 1. The van der Waals surface area contributed by atoms with Crippen molar-refractivity contribution in [2.75, 3.05) is 0 Å². The molecule has 0 bridgehead atoms. The largest absolute Gasteiger partial charge is 0.271 e. The molecule has 2 atom stereocenters. The fourth-order valence-electron chi connectivity index (χ4n) is 2.72. The Hall–Kier alpha value is -2.44. The number of hydrogen-bond donors (Lipinski definition) is 0. The first kappa shape index (κ1) is 14.5. The maximum absolute atomic E-state index is 12.2. The van der Waals surface area contributed by atoms with Gasteiger partial charge in [-0.15, -0.1) is 0 Å². The molecule has 3 rings (SSSR count). The van der Waals surface area contributed by atoms with E-state index in [0.29, 0.717) is 11.4 Å². The van der Waals surface area contributed by atoms with Crippen LogP contribution in [0.5, 0.6) is 0 Å². The summed E-state index contributed by atoms with van der Waals surface area (Å²) in [5.41, 5.74) is 2.59. The summed E-state index contributed by atoms with van der Waals surface area (Å²) >= 11 is 5.92. The average molecular weight is 309 g/mol. The molecule has 0 radical (unpaired) electrons. The lowest BCUT2D eigenvalue weighted by Gasteiger charge is -2.25. The van der Waals surface area contributed by atoms with Gasteiger partial charge >= 0.3 is 0 Å². The molecule has 0 aromatic heterocycles. The minimum Gasteiger partial charge on any atom is -0.271 e. The molecule has 1 aliphatic heterocycles. The van der Waals surface area contributed by atoms with Crippen LogP contribution in [0.3, 0.4) is 0 Å². The molecule has 0 N–H and O–H groups in total.